The summed E-state index contributed by atoms with van der Waals surface area (Å²) in [4.78, 5) is 23.4. The molecule has 0 amide bonds. The molecule has 2 rings (SSSR count). The van der Waals surface area contributed by atoms with Gasteiger partial charge < -0.3 is 5.11 Å². The lowest BCUT2D eigenvalue weighted by atomic mass is 9.76. The van der Waals surface area contributed by atoms with E-state index in [1.807, 2.05) is 0 Å². The lowest BCUT2D eigenvalue weighted by Crippen LogP contribution is -2.28. The number of Topliss-reactive ketones (excluding diaryl/α,β-unsaturated/α-hetero) is 1. The van der Waals surface area contributed by atoms with Gasteiger partial charge in [-0.2, -0.15) is 0 Å². The first-order valence-electron chi connectivity index (χ1n) is 6.59. The highest BCUT2D eigenvalue weighted by molar-refractivity contribution is 6.30. The number of ketones is 1. The summed E-state index contributed by atoms with van der Waals surface area (Å²) in [6, 6.07) is 6.77. The van der Waals surface area contributed by atoms with Crippen molar-refractivity contribution in [2.45, 2.75) is 32.1 Å². The third kappa shape index (κ3) is 3.57. The van der Waals surface area contributed by atoms with Crippen LogP contribution in [0.3, 0.4) is 0 Å². The maximum absolute atomic E-state index is 12.2. The Morgan fingerprint density at radius 2 is 1.79 bits per heavy atom. The van der Waals surface area contributed by atoms with Crippen LogP contribution >= 0.6 is 11.6 Å². The van der Waals surface area contributed by atoms with E-state index < -0.39 is 5.97 Å². The highest BCUT2D eigenvalue weighted by Gasteiger charge is 2.32. The van der Waals surface area contributed by atoms with Crippen molar-refractivity contribution in [1.29, 1.82) is 0 Å². The van der Waals surface area contributed by atoms with E-state index in [4.69, 9.17) is 11.6 Å². The minimum atomic E-state index is -0.770. The molecule has 19 heavy (non-hydrogen) atoms. The Labute approximate surface area is 117 Å². The minimum Gasteiger partial charge on any atom is -0.481 e. The van der Waals surface area contributed by atoms with Crippen molar-refractivity contribution in [3.8, 4) is 0 Å². The first-order chi connectivity index (χ1) is 9.08. The Balaban J connectivity index is 2.04. The minimum absolute atomic E-state index is 0.00909. The number of carboxylic acid groups (broad SMARTS) is 1. The number of hydrogen-bond donors (Lipinski definition) is 1. The van der Waals surface area contributed by atoms with Gasteiger partial charge in [0.15, 0.2) is 5.78 Å². The second kappa shape index (κ2) is 6.20. The summed E-state index contributed by atoms with van der Waals surface area (Å²) in [7, 11) is 0. The van der Waals surface area contributed by atoms with Crippen LogP contribution in [0.25, 0.3) is 0 Å². The van der Waals surface area contributed by atoms with Crippen LogP contribution in [0.2, 0.25) is 5.02 Å². The molecule has 1 saturated carbocycles. The van der Waals surface area contributed by atoms with Gasteiger partial charge in [0.2, 0.25) is 0 Å². The van der Waals surface area contributed by atoms with E-state index in [0.29, 0.717) is 23.4 Å². The molecule has 102 valence electrons. The molecule has 0 spiro atoms. The molecule has 0 aromatic heterocycles. The molecular weight excluding hydrogens is 264 g/mol. The molecule has 1 aromatic rings. The summed E-state index contributed by atoms with van der Waals surface area (Å²) in [5, 5.41) is 9.79. The fourth-order valence-corrected chi connectivity index (χ4v) is 2.89. The van der Waals surface area contributed by atoms with Gasteiger partial charge in [-0.05, 0) is 43.0 Å². The Kier molecular flexibility index (Phi) is 4.59. The van der Waals surface area contributed by atoms with Gasteiger partial charge in [0, 0.05) is 17.0 Å². The van der Waals surface area contributed by atoms with Crippen LogP contribution in [0.5, 0.6) is 0 Å². The standard InChI is InChI=1S/C15H17ClO3/c16-12-7-5-10(6-8-12)14(17)9-11-3-1-2-4-13(11)15(18)19/h5-8,11,13H,1-4,9H2,(H,18,19). The molecular formula is C15H17ClO3. The Morgan fingerprint density at radius 1 is 1.16 bits per heavy atom. The zero-order valence-corrected chi connectivity index (χ0v) is 11.4. The third-order valence-corrected chi connectivity index (χ3v) is 4.09. The van der Waals surface area contributed by atoms with E-state index in [-0.39, 0.29) is 17.6 Å². The summed E-state index contributed by atoms with van der Waals surface area (Å²) in [5.74, 6) is -1.16. The van der Waals surface area contributed by atoms with Crippen LogP contribution in [0.4, 0.5) is 0 Å². The second-order valence-corrected chi connectivity index (χ2v) is 5.56. The number of benzene rings is 1. The highest BCUT2D eigenvalue weighted by Crippen LogP contribution is 2.33. The van der Waals surface area contributed by atoms with Crippen molar-refractivity contribution in [3.05, 3.63) is 34.9 Å². The molecule has 2 unspecified atom stereocenters. The molecule has 1 N–H and O–H groups in total. The van der Waals surface area contributed by atoms with Crippen LogP contribution in [0.15, 0.2) is 24.3 Å². The fourth-order valence-electron chi connectivity index (χ4n) is 2.77. The van der Waals surface area contributed by atoms with E-state index in [1.54, 1.807) is 24.3 Å². The van der Waals surface area contributed by atoms with Crippen LogP contribution in [-0.4, -0.2) is 16.9 Å². The Bertz CT molecular complexity index is 467. The Morgan fingerprint density at radius 3 is 2.42 bits per heavy atom. The molecule has 4 heteroatoms. The number of rotatable bonds is 4. The van der Waals surface area contributed by atoms with Gasteiger partial charge >= 0.3 is 5.97 Å². The van der Waals surface area contributed by atoms with Crippen molar-refractivity contribution in [1.82, 2.24) is 0 Å². The molecule has 0 saturated heterocycles. The Hall–Kier alpha value is -1.35. The topological polar surface area (TPSA) is 54.4 Å². The van der Waals surface area contributed by atoms with Crippen LogP contribution in [0, 0.1) is 11.8 Å². The summed E-state index contributed by atoms with van der Waals surface area (Å²) in [6.07, 6.45) is 3.80. The number of hydrogen-bond acceptors (Lipinski definition) is 2. The van der Waals surface area contributed by atoms with E-state index in [1.165, 1.54) is 0 Å². The quantitative estimate of drug-likeness (QED) is 0.854. The van der Waals surface area contributed by atoms with Crippen molar-refractivity contribution >= 4 is 23.4 Å². The number of aliphatic carboxylic acids is 1. The van der Waals surface area contributed by atoms with Gasteiger partial charge in [0.1, 0.15) is 0 Å². The number of carbonyl (C=O) groups excluding carboxylic acids is 1. The van der Waals surface area contributed by atoms with E-state index in [0.717, 1.165) is 19.3 Å². The first kappa shape index (κ1) is 14.1. The third-order valence-electron chi connectivity index (χ3n) is 3.84. The zero-order chi connectivity index (χ0) is 13.8. The second-order valence-electron chi connectivity index (χ2n) is 5.12. The zero-order valence-electron chi connectivity index (χ0n) is 10.6. The molecule has 1 aliphatic rings. The van der Waals surface area contributed by atoms with Gasteiger partial charge in [-0.25, -0.2) is 0 Å². The number of carbonyl (C=O) groups is 2. The normalized spacial score (nSPS) is 23.0. The van der Waals surface area contributed by atoms with E-state index in [9.17, 15) is 14.7 Å². The summed E-state index contributed by atoms with van der Waals surface area (Å²) in [6.45, 7) is 0. The van der Waals surface area contributed by atoms with Crippen LogP contribution in [-0.2, 0) is 4.79 Å². The number of halogens is 1. The molecule has 1 aliphatic carbocycles. The predicted molar refractivity (Wildman–Crippen MR) is 73.5 cm³/mol. The monoisotopic (exact) mass is 280 g/mol. The van der Waals surface area contributed by atoms with Crippen LogP contribution < -0.4 is 0 Å². The van der Waals surface area contributed by atoms with Crippen molar-refractivity contribution in [3.63, 3.8) is 0 Å². The highest BCUT2D eigenvalue weighted by atomic mass is 35.5. The predicted octanol–water partition coefficient (Wildman–Crippen LogP) is 3.80. The summed E-state index contributed by atoms with van der Waals surface area (Å²) >= 11 is 5.78. The molecule has 1 fully saturated rings. The SMILES string of the molecule is O=C(CC1CCCCC1C(=O)O)c1ccc(Cl)cc1. The van der Waals surface area contributed by atoms with Crippen molar-refractivity contribution in [2.24, 2.45) is 11.8 Å². The summed E-state index contributed by atoms with van der Waals surface area (Å²) < 4.78 is 0. The van der Waals surface area contributed by atoms with Crippen molar-refractivity contribution in [2.75, 3.05) is 0 Å². The molecule has 1 aromatic carbocycles. The van der Waals surface area contributed by atoms with Crippen LogP contribution in [0.1, 0.15) is 42.5 Å². The average Bonchev–Trinajstić information content (AvgIpc) is 2.39. The smallest absolute Gasteiger partial charge is 0.306 e. The lowest BCUT2D eigenvalue weighted by Gasteiger charge is -2.27. The van der Waals surface area contributed by atoms with E-state index in [2.05, 4.69) is 0 Å². The maximum atomic E-state index is 12.2. The van der Waals surface area contributed by atoms with Gasteiger partial charge in [0.25, 0.3) is 0 Å². The number of carboxylic acids is 1. The summed E-state index contributed by atoms with van der Waals surface area (Å²) in [5.41, 5.74) is 0.610. The van der Waals surface area contributed by atoms with Gasteiger partial charge in [-0.3, -0.25) is 9.59 Å². The first-order valence-corrected chi connectivity index (χ1v) is 6.97. The van der Waals surface area contributed by atoms with Crippen molar-refractivity contribution < 1.29 is 14.7 Å². The van der Waals surface area contributed by atoms with Gasteiger partial charge in [-0.1, -0.05) is 24.4 Å². The largest absolute Gasteiger partial charge is 0.481 e. The molecule has 0 bridgehead atoms. The lowest BCUT2D eigenvalue weighted by molar-refractivity contribution is -0.144. The average molecular weight is 281 g/mol. The molecule has 3 nitrogen and oxygen atoms in total. The maximum Gasteiger partial charge on any atom is 0.306 e. The van der Waals surface area contributed by atoms with E-state index >= 15 is 0 Å². The fraction of sp³-hybridized carbons (Fsp3) is 0.467. The molecule has 0 aliphatic heterocycles. The van der Waals surface area contributed by atoms with Gasteiger partial charge in [-0.15, -0.1) is 0 Å². The molecule has 0 radical (unpaired) electrons. The molecule has 0 heterocycles. The van der Waals surface area contributed by atoms with Gasteiger partial charge in [0.05, 0.1) is 5.92 Å². The molecule has 2 atom stereocenters.